The van der Waals surface area contributed by atoms with E-state index in [0.717, 1.165) is 38.6 Å². The predicted molar refractivity (Wildman–Crippen MR) is 97.6 cm³/mol. The topological polar surface area (TPSA) is 61.7 Å². The molecule has 0 radical (unpaired) electrons. The van der Waals surface area contributed by atoms with Gasteiger partial charge in [-0.3, -0.25) is 5.32 Å². The second-order valence-corrected chi connectivity index (χ2v) is 8.65. The van der Waals surface area contributed by atoms with E-state index in [-0.39, 0.29) is 11.5 Å². The normalized spacial score (nSPS) is 39.6. The molecule has 3 N–H and O–H groups in total. The molecule has 0 bridgehead atoms. The molecule has 1 aromatic carbocycles. The molecule has 2 saturated carbocycles. The molecule has 2 fully saturated rings. The van der Waals surface area contributed by atoms with Crippen molar-refractivity contribution in [3.8, 4) is 5.75 Å². The molecular weight excluding hydrogens is 314 g/mol. The third-order valence-electron chi connectivity index (χ3n) is 7.49. The maximum Gasteiger partial charge on any atom is 0.115 e. The molecule has 4 rings (SSSR count). The number of benzene rings is 1. The minimum Gasteiger partial charge on any atom is -0.508 e. The van der Waals surface area contributed by atoms with Crippen LogP contribution in [0.15, 0.2) is 18.2 Å². The molecule has 138 valence electrons. The standard InChI is InChI=1S/C21H31NO3/c1-21-8-7-16-15-4-3-14(23)10-17(15)13(11-22-12-25-2)9-18(16)19(21)5-6-20(21)24/h3-4,10,13,16,18-20,22-24H,5-9,11-12H2,1-2H3/t13-,16+,18+,19-,20?,21-/m0/s1. The van der Waals surface area contributed by atoms with Crippen molar-refractivity contribution < 1.29 is 14.9 Å². The molecule has 4 nitrogen and oxygen atoms in total. The first-order valence-electron chi connectivity index (χ1n) is 9.75. The minimum atomic E-state index is -0.135. The molecule has 1 unspecified atom stereocenters. The number of aromatic hydroxyl groups is 1. The smallest absolute Gasteiger partial charge is 0.115 e. The van der Waals surface area contributed by atoms with Crippen molar-refractivity contribution in [1.82, 2.24) is 5.32 Å². The van der Waals surface area contributed by atoms with Crippen LogP contribution in [0, 0.1) is 17.3 Å². The number of rotatable bonds is 4. The molecule has 0 saturated heterocycles. The van der Waals surface area contributed by atoms with Crippen molar-refractivity contribution in [2.45, 2.75) is 57.0 Å². The van der Waals surface area contributed by atoms with Gasteiger partial charge in [0.15, 0.2) is 0 Å². The number of methoxy groups -OCH3 is 1. The lowest BCUT2D eigenvalue weighted by atomic mass is 9.54. The fourth-order valence-electron chi connectivity index (χ4n) is 6.21. The van der Waals surface area contributed by atoms with Crippen LogP contribution in [0.5, 0.6) is 5.75 Å². The lowest BCUT2D eigenvalue weighted by Crippen LogP contribution is -2.45. The number of hydrogen-bond donors (Lipinski definition) is 3. The van der Waals surface area contributed by atoms with E-state index in [0.29, 0.717) is 36.2 Å². The van der Waals surface area contributed by atoms with Gasteiger partial charge >= 0.3 is 0 Å². The number of aliphatic hydroxyl groups is 1. The molecule has 0 amide bonds. The Morgan fingerprint density at radius 1 is 1.24 bits per heavy atom. The predicted octanol–water partition coefficient (Wildman–Crippen LogP) is 3.34. The number of fused-ring (bicyclic) bond motifs is 5. The van der Waals surface area contributed by atoms with E-state index < -0.39 is 0 Å². The fourth-order valence-corrected chi connectivity index (χ4v) is 6.21. The first kappa shape index (κ1) is 17.3. The molecule has 4 heteroatoms. The Morgan fingerprint density at radius 2 is 2.08 bits per heavy atom. The van der Waals surface area contributed by atoms with Crippen LogP contribution in [0.25, 0.3) is 0 Å². The first-order valence-corrected chi connectivity index (χ1v) is 9.75. The Kier molecular flexibility index (Phi) is 4.55. The molecule has 0 aromatic heterocycles. The van der Waals surface area contributed by atoms with Gasteiger partial charge in [-0.2, -0.15) is 0 Å². The summed E-state index contributed by atoms with van der Waals surface area (Å²) in [6, 6.07) is 5.97. The monoisotopic (exact) mass is 345 g/mol. The van der Waals surface area contributed by atoms with Crippen molar-refractivity contribution >= 4 is 0 Å². The number of phenolic OH excluding ortho intramolecular Hbond substituents is 1. The van der Waals surface area contributed by atoms with Crippen LogP contribution in [0.1, 0.15) is 62.0 Å². The summed E-state index contributed by atoms with van der Waals surface area (Å²) < 4.78 is 5.16. The molecule has 6 atom stereocenters. The van der Waals surface area contributed by atoms with Crippen molar-refractivity contribution in [2.75, 3.05) is 20.4 Å². The molecule has 1 aromatic rings. The number of aliphatic hydroxyl groups excluding tert-OH is 1. The van der Waals surface area contributed by atoms with Gasteiger partial charge in [0.1, 0.15) is 5.75 Å². The number of hydrogen-bond acceptors (Lipinski definition) is 4. The van der Waals surface area contributed by atoms with Crippen molar-refractivity contribution in [3.63, 3.8) is 0 Å². The average molecular weight is 345 g/mol. The highest BCUT2D eigenvalue weighted by Gasteiger charge is 2.55. The van der Waals surface area contributed by atoms with Crippen LogP contribution in [0.4, 0.5) is 0 Å². The maximum absolute atomic E-state index is 10.6. The van der Waals surface area contributed by atoms with Crippen LogP contribution in [0.3, 0.4) is 0 Å². The third-order valence-corrected chi connectivity index (χ3v) is 7.49. The largest absolute Gasteiger partial charge is 0.508 e. The minimum absolute atomic E-state index is 0.0973. The van der Waals surface area contributed by atoms with E-state index in [1.54, 1.807) is 7.11 Å². The number of phenols is 1. The second kappa shape index (κ2) is 6.57. The lowest BCUT2D eigenvalue weighted by molar-refractivity contribution is -0.0251. The summed E-state index contributed by atoms with van der Waals surface area (Å²) in [7, 11) is 1.70. The van der Waals surface area contributed by atoms with Gasteiger partial charge in [-0.05, 0) is 84.5 Å². The van der Waals surface area contributed by atoms with Gasteiger partial charge in [0.2, 0.25) is 0 Å². The zero-order valence-electron chi connectivity index (χ0n) is 15.4. The Hall–Kier alpha value is -1.10. The quantitative estimate of drug-likeness (QED) is 0.578. The van der Waals surface area contributed by atoms with Crippen molar-refractivity contribution in [3.05, 3.63) is 29.3 Å². The first-order chi connectivity index (χ1) is 12.0. The summed E-state index contributed by atoms with van der Waals surface area (Å²) in [6.07, 6.45) is 5.40. The summed E-state index contributed by atoms with van der Waals surface area (Å²) in [5.41, 5.74) is 2.84. The average Bonchev–Trinajstić information content (AvgIpc) is 2.90. The van der Waals surface area contributed by atoms with Gasteiger partial charge < -0.3 is 14.9 Å². The van der Waals surface area contributed by atoms with E-state index in [1.807, 2.05) is 12.1 Å². The number of nitrogens with one attached hydrogen (secondary N) is 1. The van der Waals surface area contributed by atoms with Gasteiger partial charge in [-0.25, -0.2) is 0 Å². The van der Waals surface area contributed by atoms with E-state index in [9.17, 15) is 10.2 Å². The fraction of sp³-hybridized carbons (Fsp3) is 0.714. The summed E-state index contributed by atoms with van der Waals surface area (Å²) in [5.74, 6) is 2.61. The molecule has 25 heavy (non-hydrogen) atoms. The molecule has 3 aliphatic carbocycles. The van der Waals surface area contributed by atoms with Crippen LogP contribution in [0.2, 0.25) is 0 Å². The second-order valence-electron chi connectivity index (χ2n) is 8.65. The lowest BCUT2D eigenvalue weighted by Gasteiger charge is -2.51. The van der Waals surface area contributed by atoms with Crippen molar-refractivity contribution in [2.24, 2.45) is 17.3 Å². The van der Waals surface area contributed by atoms with E-state index in [4.69, 9.17) is 4.74 Å². The Labute approximate surface area is 150 Å². The summed E-state index contributed by atoms with van der Waals surface area (Å²) in [4.78, 5) is 0. The zero-order chi connectivity index (χ0) is 17.6. The highest BCUT2D eigenvalue weighted by molar-refractivity contribution is 5.42. The Bertz CT molecular complexity index is 634. The molecule has 0 heterocycles. The third kappa shape index (κ3) is 2.79. The highest BCUT2D eigenvalue weighted by Crippen LogP contribution is 2.62. The molecule has 0 spiro atoms. The molecule has 0 aliphatic heterocycles. The highest BCUT2D eigenvalue weighted by atomic mass is 16.5. The van der Waals surface area contributed by atoms with Crippen LogP contribution in [-0.2, 0) is 4.74 Å². The van der Waals surface area contributed by atoms with E-state index in [2.05, 4.69) is 18.3 Å². The SMILES string of the molecule is COCNC[C@@H]1C[C@@H]2[C@H](CC[C@]3(C)C(O)CC[C@@H]23)c2ccc(O)cc21. The summed E-state index contributed by atoms with van der Waals surface area (Å²) >= 11 is 0. The Morgan fingerprint density at radius 3 is 2.88 bits per heavy atom. The van der Waals surface area contributed by atoms with Crippen LogP contribution >= 0.6 is 0 Å². The Balaban J connectivity index is 1.67. The van der Waals surface area contributed by atoms with Crippen LogP contribution < -0.4 is 5.32 Å². The summed E-state index contributed by atoms with van der Waals surface area (Å²) in [5, 5.41) is 24.0. The zero-order valence-corrected chi connectivity index (χ0v) is 15.4. The van der Waals surface area contributed by atoms with E-state index in [1.165, 1.54) is 11.1 Å². The molecule has 3 aliphatic rings. The maximum atomic E-state index is 10.6. The van der Waals surface area contributed by atoms with E-state index >= 15 is 0 Å². The van der Waals surface area contributed by atoms with Gasteiger partial charge in [0.25, 0.3) is 0 Å². The molecular formula is C21H31NO3. The van der Waals surface area contributed by atoms with Crippen LogP contribution in [-0.4, -0.2) is 36.7 Å². The van der Waals surface area contributed by atoms with Crippen molar-refractivity contribution in [1.29, 1.82) is 0 Å². The summed E-state index contributed by atoms with van der Waals surface area (Å²) in [6.45, 7) is 3.74. The van der Waals surface area contributed by atoms with Gasteiger partial charge in [0.05, 0.1) is 12.8 Å². The van der Waals surface area contributed by atoms with Gasteiger partial charge in [-0.15, -0.1) is 0 Å². The van der Waals surface area contributed by atoms with Gasteiger partial charge in [-0.1, -0.05) is 13.0 Å². The number of ether oxygens (including phenoxy) is 1. The van der Waals surface area contributed by atoms with Gasteiger partial charge in [0, 0.05) is 13.7 Å².